The molecule has 0 aromatic heterocycles. The number of nitrogens with zero attached hydrogens (tertiary/aromatic N) is 1. The van der Waals surface area contributed by atoms with Crippen LogP contribution in [-0.2, 0) is 4.79 Å². The maximum atomic E-state index is 12.6. The molecular formula is C21H24N2O3. The third-order valence-electron chi connectivity index (χ3n) is 4.92. The molecule has 2 N–H and O–H groups in total. The molecule has 1 heterocycles. The molecule has 1 aliphatic heterocycles. The third kappa shape index (κ3) is 4.42. The average molecular weight is 352 g/mol. The summed E-state index contributed by atoms with van der Waals surface area (Å²) in [6, 6.07) is 20.0. The Kier molecular flexibility index (Phi) is 5.89. The molecular weight excluding hydrogens is 328 g/mol. The predicted octanol–water partition coefficient (Wildman–Crippen LogP) is 3.32. The van der Waals surface area contributed by atoms with Gasteiger partial charge in [-0.05, 0) is 24.0 Å². The van der Waals surface area contributed by atoms with E-state index in [4.69, 9.17) is 0 Å². The summed E-state index contributed by atoms with van der Waals surface area (Å²) in [5.74, 6) is -1.23. The van der Waals surface area contributed by atoms with Crippen molar-refractivity contribution < 1.29 is 14.7 Å². The molecule has 0 aliphatic carbocycles. The zero-order valence-corrected chi connectivity index (χ0v) is 14.7. The third-order valence-corrected chi connectivity index (χ3v) is 4.92. The normalized spacial score (nSPS) is 17.1. The van der Waals surface area contributed by atoms with E-state index < -0.39 is 11.9 Å². The van der Waals surface area contributed by atoms with E-state index in [0.717, 1.165) is 17.5 Å². The number of hydrogen-bond donors (Lipinski definition) is 2. The van der Waals surface area contributed by atoms with Gasteiger partial charge in [-0.3, -0.25) is 4.79 Å². The van der Waals surface area contributed by atoms with E-state index in [1.807, 2.05) is 36.4 Å². The van der Waals surface area contributed by atoms with E-state index >= 15 is 0 Å². The minimum absolute atomic E-state index is 0.0569. The Balaban J connectivity index is 1.68. The van der Waals surface area contributed by atoms with Crippen LogP contribution in [0, 0.1) is 5.92 Å². The number of benzene rings is 2. The fourth-order valence-electron chi connectivity index (χ4n) is 3.46. The second kappa shape index (κ2) is 8.52. The lowest BCUT2D eigenvalue weighted by Crippen LogP contribution is -2.47. The first-order valence-electron chi connectivity index (χ1n) is 9.00. The van der Waals surface area contributed by atoms with E-state index in [0.29, 0.717) is 19.5 Å². The lowest BCUT2D eigenvalue weighted by atomic mass is 9.91. The number of likely N-dealkylation sites (tertiary alicyclic amines) is 1. The van der Waals surface area contributed by atoms with E-state index in [1.165, 1.54) is 0 Å². The molecule has 1 aliphatic rings. The Hall–Kier alpha value is -2.82. The van der Waals surface area contributed by atoms with Gasteiger partial charge in [-0.2, -0.15) is 0 Å². The van der Waals surface area contributed by atoms with Crippen molar-refractivity contribution in [1.29, 1.82) is 0 Å². The van der Waals surface area contributed by atoms with Crippen molar-refractivity contribution >= 4 is 12.0 Å². The van der Waals surface area contributed by atoms with Crippen molar-refractivity contribution in [2.45, 2.75) is 18.8 Å². The van der Waals surface area contributed by atoms with E-state index in [-0.39, 0.29) is 18.5 Å². The van der Waals surface area contributed by atoms with Gasteiger partial charge in [-0.15, -0.1) is 0 Å². The smallest absolute Gasteiger partial charge is 0.317 e. The lowest BCUT2D eigenvalue weighted by Gasteiger charge is -2.31. The van der Waals surface area contributed by atoms with E-state index in [1.54, 1.807) is 4.90 Å². The highest BCUT2D eigenvalue weighted by Crippen LogP contribution is 2.24. The van der Waals surface area contributed by atoms with Crippen molar-refractivity contribution in [3.63, 3.8) is 0 Å². The quantitative estimate of drug-likeness (QED) is 0.867. The molecule has 2 amide bonds. The Morgan fingerprint density at radius 1 is 1.04 bits per heavy atom. The lowest BCUT2D eigenvalue weighted by molar-refractivity contribution is -0.143. The Bertz CT molecular complexity index is 694. The van der Waals surface area contributed by atoms with Gasteiger partial charge in [0.15, 0.2) is 0 Å². The minimum atomic E-state index is -0.825. The molecule has 136 valence electrons. The van der Waals surface area contributed by atoms with Gasteiger partial charge in [0.1, 0.15) is 0 Å². The molecule has 0 saturated carbocycles. The van der Waals surface area contributed by atoms with Crippen LogP contribution in [0.25, 0.3) is 0 Å². The van der Waals surface area contributed by atoms with Crippen LogP contribution in [0.4, 0.5) is 4.79 Å². The number of carbonyl (C=O) groups is 2. The topological polar surface area (TPSA) is 69.6 Å². The predicted molar refractivity (Wildman–Crippen MR) is 100 cm³/mol. The van der Waals surface area contributed by atoms with Crippen LogP contribution in [0.3, 0.4) is 0 Å². The van der Waals surface area contributed by atoms with Gasteiger partial charge in [0.05, 0.1) is 5.92 Å². The molecule has 0 bridgehead atoms. The zero-order valence-electron chi connectivity index (χ0n) is 14.7. The van der Waals surface area contributed by atoms with Crippen LogP contribution in [-0.4, -0.2) is 41.6 Å². The van der Waals surface area contributed by atoms with Crippen molar-refractivity contribution in [2.24, 2.45) is 5.92 Å². The van der Waals surface area contributed by atoms with Crippen molar-refractivity contribution in [3.05, 3.63) is 71.8 Å². The number of amides is 2. The first-order chi connectivity index (χ1) is 12.6. The minimum Gasteiger partial charge on any atom is -0.481 e. The Labute approximate surface area is 153 Å². The summed E-state index contributed by atoms with van der Waals surface area (Å²) in [4.78, 5) is 25.4. The van der Waals surface area contributed by atoms with Crippen molar-refractivity contribution in [3.8, 4) is 0 Å². The van der Waals surface area contributed by atoms with E-state index in [9.17, 15) is 14.7 Å². The second-order valence-electron chi connectivity index (χ2n) is 6.68. The summed E-state index contributed by atoms with van der Waals surface area (Å²) in [6.07, 6.45) is 1.36. The summed E-state index contributed by atoms with van der Waals surface area (Å²) < 4.78 is 0. The summed E-state index contributed by atoms with van der Waals surface area (Å²) in [7, 11) is 0. The molecule has 0 spiro atoms. The second-order valence-corrected chi connectivity index (χ2v) is 6.68. The van der Waals surface area contributed by atoms with Crippen LogP contribution in [0.2, 0.25) is 0 Å². The van der Waals surface area contributed by atoms with Crippen molar-refractivity contribution in [2.75, 3.05) is 19.6 Å². The van der Waals surface area contributed by atoms with E-state index in [2.05, 4.69) is 29.6 Å². The van der Waals surface area contributed by atoms with Crippen LogP contribution in [0.15, 0.2) is 60.7 Å². The molecule has 1 unspecified atom stereocenters. The molecule has 1 fully saturated rings. The first kappa shape index (κ1) is 18.0. The number of aliphatic carboxylic acids is 1. The van der Waals surface area contributed by atoms with Gasteiger partial charge in [0.25, 0.3) is 0 Å². The molecule has 3 rings (SSSR count). The number of piperidine rings is 1. The molecule has 5 heteroatoms. The molecule has 1 saturated heterocycles. The number of urea groups is 1. The van der Waals surface area contributed by atoms with Crippen LogP contribution in [0.1, 0.15) is 29.9 Å². The Morgan fingerprint density at radius 2 is 1.62 bits per heavy atom. The first-order valence-corrected chi connectivity index (χ1v) is 9.00. The van der Waals surface area contributed by atoms with Gasteiger partial charge in [-0.1, -0.05) is 60.7 Å². The average Bonchev–Trinajstić information content (AvgIpc) is 2.69. The number of hydrogen-bond acceptors (Lipinski definition) is 2. The highest BCUT2D eigenvalue weighted by molar-refractivity contribution is 5.76. The highest BCUT2D eigenvalue weighted by Gasteiger charge is 2.28. The summed E-state index contributed by atoms with van der Waals surface area (Å²) >= 11 is 0. The molecule has 2 aromatic rings. The molecule has 0 radical (unpaired) electrons. The van der Waals surface area contributed by atoms with Crippen LogP contribution in [0.5, 0.6) is 0 Å². The fourth-order valence-corrected chi connectivity index (χ4v) is 3.46. The molecule has 1 atom stereocenters. The summed E-state index contributed by atoms with van der Waals surface area (Å²) in [5.41, 5.74) is 2.28. The van der Waals surface area contributed by atoms with Gasteiger partial charge in [0, 0.05) is 25.6 Å². The maximum Gasteiger partial charge on any atom is 0.317 e. The van der Waals surface area contributed by atoms with Gasteiger partial charge in [0.2, 0.25) is 0 Å². The largest absolute Gasteiger partial charge is 0.481 e. The number of carboxylic acid groups (broad SMARTS) is 1. The maximum absolute atomic E-state index is 12.6. The fraction of sp³-hybridized carbons (Fsp3) is 0.333. The molecule has 26 heavy (non-hydrogen) atoms. The SMILES string of the molecule is O=C(O)C1CCCN(C(=O)NCC(c2ccccc2)c2ccccc2)C1. The highest BCUT2D eigenvalue weighted by atomic mass is 16.4. The standard InChI is InChI=1S/C21H24N2O3/c24-20(25)18-12-7-13-23(15-18)21(26)22-14-19(16-8-3-1-4-9-16)17-10-5-2-6-11-17/h1-6,8-11,18-19H,7,12-15H2,(H,22,26)(H,24,25). The van der Waals surface area contributed by atoms with Crippen LogP contribution < -0.4 is 5.32 Å². The molecule has 2 aromatic carbocycles. The number of carbonyl (C=O) groups excluding carboxylic acids is 1. The summed E-state index contributed by atoms with van der Waals surface area (Å²) in [6.45, 7) is 1.36. The van der Waals surface area contributed by atoms with Gasteiger partial charge < -0.3 is 15.3 Å². The summed E-state index contributed by atoms with van der Waals surface area (Å²) in [5, 5.41) is 12.2. The Morgan fingerprint density at radius 3 is 2.15 bits per heavy atom. The molecule has 5 nitrogen and oxygen atoms in total. The number of carboxylic acids is 1. The zero-order chi connectivity index (χ0) is 18.4. The van der Waals surface area contributed by atoms with Gasteiger partial charge in [-0.25, -0.2) is 4.79 Å². The van der Waals surface area contributed by atoms with Crippen LogP contribution >= 0.6 is 0 Å². The number of rotatable bonds is 5. The van der Waals surface area contributed by atoms with Gasteiger partial charge >= 0.3 is 12.0 Å². The number of nitrogens with one attached hydrogen (secondary N) is 1. The van der Waals surface area contributed by atoms with Crippen molar-refractivity contribution in [1.82, 2.24) is 10.2 Å². The monoisotopic (exact) mass is 352 g/mol.